The van der Waals surface area contributed by atoms with E-state index in [-0.39, 0.29) is 5.69 Å². The minimum absolute atomic E-state index is 0.154. The van der Waals surface area contributed by atoms with Crippen molar-refractivity contribution in [2.45, 2.75) is 41.2 Å². The number of imide groups is 1. The number of carbonyl (C=O) groups is 3. The Hall–Kier alpha value is -3.22. The molecule has 1 fully saturated rings. The van der Waals surface area contributed by atoms with Gasteiger partial charge >= 0.3 is 24.1 Å². The summed E-state index contributed by atoms with van der Waals surface area (Å²) in [5, 5.41) is 1.93. The fourth-order valence-corrected chi connectivity index (χ4v) is 5.38. The van der Waals surface area contributed by atoms with Gasteiger partial charge in [-0.05, 0) is 52.5 Å². The molecule has 0 aliphatic carbocycles. The number of alkyl halides is 3. The number of thiophene rings is 1. The Morgan fingerprint density at radius 1 is 1.11 bits per heavy atom. The lowest BCUT2D eigenvalue weighted by Crippen LogP contribution is -2.62. The highest BCUT2D eigenvalue weighted by Crippen LogP contribution is 2.43. The fraction of sp³-hybridized carbons (Fsp3) is 0.217. The normalized spacial score (nSPS) is 19.7. The average molecular weight is 523 g/mol. The lowest BCUT2D eigenvalue weighted by Gasteiger charge is -2.35. The van der Waals surface area contributed by atoms with Crippen molar-refractivity contribution in [3.8, 4) is 0 Å². The first kappa shape index (κ1) is 24.9. The third-order valence-electron chi connectivity index (χ3n) is 5.56. The van der Waals surface area contributed by atoms with Gasteiger partial charge in [0, 0.05) is 36.7 Å². The number of pyridine rings is 1. The SMILES string of the molecule is CC1(C)C(=O)N(c2ccc(Sc3cccs3)cc2)C(=O)[N+]1(Cc1ccncc1)OC(=O)C(F)(F)F. The molecule has 1 aromatic carbocycles. The lowest BCUT2D eigenvalue weighted by atomic mass is 10.0. The molecule has 35 heavy (non-hydrogen) atoms. The summed E-state index contributed by atoms with van der Waals surface area (Å²) in [6, 6.07) is 12.1. The van der Waals surface area contributed by atoms with Crippen molar-refractivity contribution < 1.29 is 37.0 Å². The summed E-state index contributed by atoms with van der Waals surface area (Å²) in [4.78, 5) is 49.3. The van der Waals surface area contributed by atoms with Gasteiger partial charge in [-0.2, -0.15) is 18.1 Å². The zero-order valence-corrected chi connectivity index (χ0v) is 20.1. The van der Waals surface area contributed by atoms with Crippen LogP contribution in [-0.4, -0.2) is 39.3 Å². The van der Waals surface area contributed by atoms with Crippen molar-refractivity contribution in [3.05, 3.63) is 71.9 Å². The molecule has 1 atom stereocenters. The summed E-state index contributed by atoms with van der Waals surface area (Å²) in [7, 11) is 0. The molecule has 3 heterocycles. The van der Waals surface area contributed by atoms with Crippen LogP contribution >= 0.6 is 23.1 Å². The van der Waals surface area contributed by atoms with Crippen LogP contribution in [0.2, 0.25) is 0 Å². The Kier molecular flexibility index (Phi) is 6.47. The molecule has 0 saturated carbocycles. The van der Waals surface area contributed by atoms with Gasteiger partial charge in [-0.15, -0.1) is 11.3 Å². The standard InChI is InChI=1S/C23H19F3N3O4S2/c1-22(2)19(30)28(16-5-7-17(8-6-16)35-18-4-3-13-34-18)21(32)29(22,33-20(31)23(24,25)26)14-15-9-11-27-12-10-15/h3-13H,14H2,1-2H3/q+1. The summed E-state index contributed by atoms with van der Waals surface area (Å²) in [5.41, 5.74) is -1.35. The number of hydrogen-bond acceptors (Lipinski definition) is 7. The second-order valence-electron chi connectivity index (χ2n) is 8.14. The van der Waals surface area contributed by atoms with Crippen molar-refractivity contribution in [3.63, 3.8) is 0 Å². The highest BCUT2D eigenvalue weighted by molar-refractivity contribution is 8.01. The Morgan fingerprint density at radius 2 is 1.77 bits per heavy atom. The van der Waals surface area contributed by atoms with Crippen LogP contribution in [0.25, 0.3) is 0 Å². The van der Waals surface area contributed by atoms with Crippen LogP contribution < -0.4 is 4.90 Å². The van der Waals surface area contributed by atoms with Gasteiger partial charge in [-0.1, -0.05) is 17.8 Å². The van der Waals surface area contributed by atoms with Gasteiger partial charge in [0.2, 0.25) is 5.54 Å². The van der Waals surface area contributed by atoms with Crippen molar-refractivity contribution in [2.24, 2.45) is 0 Å². The quantitative estimate of drug-likeness (QED) is 0.311. The number of rotatable bonds is 6. The van der Waals surface area contributed by atoms with Crippen LogP contribution in [-0.2, 0) is 21.0 Å². The summed E-state index contributed by atoms with van der Waals surface area (Å²) in [6.07, 6.45) is -2.60. The molecular formula is C23H19F3N3O4S2+. The number of aromatic nitrogens is 1. The van der Waals surface area contributed by atoms with E-state index in [1.165, 1.54) is 62.3 Å². The van der Waals surface area contributed by atoms with E-state index in [2.05, 4.69) is 4.98 Å². The molecule has 3 amide bonds. The molecule has 182 valence electrons. The largest absolute Gasteiger partial charge is 0.497 e. The van der Waals surface area contributed by atoms with E-state index < -0.39 is 40.8 Å². The van der Waals surface area contributed by atoms with Crippen LogP contribution in [0.1, 0.15) is 19.4 Å². The first-order chi connectivity index (χ1) is 16.5. The number of anilines is 1. The molecule has 1 aliphatic rings. The number of hydroxylamine groups is 3. The number of benzene rings is 1. The Bertz CT molecular complexity index is 1250. The summed E-state index contributed by atoms with van der Waals surface area (Å²) < 4.78 is 39.1. The summed E-state index contributed by atoms with van der Waals surface area (Å²) >= 11 is 3.04. The van der Waals surface area contributed by atoms with Crippen LogP contribution in [0.3, 0.4) is 0 Å². The lowest BCUT2D eigenvalue weighted by molar-refractivity contribution is -1.06. The highest BCUT2D eigenvalue weighted by atomic mass is 32.2. The van der Waals surface area contributed by atoms with Gasteiger partial charge in [-0.25, -0.2) is 9.59 Å². The number of nitrogens with zero attached hydrogens (tertiary/aromatic N) is 3. The monoisotopic (exact) mass is 522 g/mol. The van der Waals surface area contributed by atoms with E-state index in [9.17, 15) is 27.6 Å². The zero-order valence-electron chi connectivity index (χ0n) is 18.5. The van der Waals surface area contributed by atoms with E-state index in [0.29, 0.717) is 5.56 Å². The molecule has 1 aliphatic heterocycles. The Morgan fingerprint density at radius 3 is 2.34 bits per heavy atom. The van der Waals surface area contributed by atoms with E-state index in [1.54, 1.807) is 23.5 Å². The third-order valence-corrected chi connectivity index (χ3v) is 7.61. The summed E-state index contributed by atoms with van der Waals surface area (Å²) in [5.74, 6) is -3.37. The Labute approximate surface area is 206 Å². The van der Waals surface area contributed by atoms with Crippen molar-refractivity contribution in [2.75, 3.05) is 4.90 Å². The van der Waals surface area contributed by atoms with Crippen molar-refractivity contribution in [1.82, 2.24) is 4.98 Å². The van der Waals surface area contributed by atoms with Crippen LogP contribution in [0.15, 0.2) is 75.4 Å². The molecule has 1 saturated heterocycles. The summed E-state index contributed by atoms with van der Waals surface area (Å²) in [6.45, 7) is 2.06. The maximum atomic E-state index is 13.7. The van der Waals surface area contributed by atoms with Crippen LogP contribution in [0.4, 0.5) is 23.7 Å². The maximum Gasteiger partial charge on any atom is 0.497 e. The second kappa shape index (κ2) is 9.10. The molecule has 4 rings (SSSR count). The van der Waals surface area contributed by atoms with Crippen LogP contribution in [0.5, 0.6) is 0 Å². The topological polar surface area (TPSA) is 76.6 Å². The number of urea groups is 1. The van der Waals surface area contributed by atoms with Gasteiger partial charge in [0.15, 0.2) is 6.54 Å². The van der Waals surface area contributed by atoms with Gasteiger partial charge in [0.05, 0.1) is 9.90 Å². The van der Waals surface area contributed by atoms with Gasteiger partial charge in [0.25, 0.3) is 0 Å². The van der Waals surface area contributed by atoms with Gasteiger partial charge in [-0.3, -0.25) is 14.6 Å². The molecule has 2 aromatic heterocycles. The maximum absolute atomic E-state index is 13.7. The molecule has 0 spiro atoms. The number of quaternary nitrogens is 1. The molecule has 0 bridgehead atoms. The molecule has 0 radical (unpaired) electrons. The number of carbonyl (C=O) groups excluding carboxylic acids is 3. The fourth-order valence-electron chi connectivity index (χ4n) is 3.63. The molecule has 12 heteroatoms. The van der Waals surface area contributed by atoms with E-state index in [4.69, 9.17) is 4.84 Å². The number of halogens is 3. The molecule has 0 N–H and O–H groups in total. The van der Waals surface area contributed by atoms with E-state index in [0.717, 1.165) is 14.0 Å². The average Bonchev–Trinajstić information content (AvgIpc) is 3.36. The number of hydrogen-bond donors (Lipinski definition) is 0. The van der Waals surface area contributed by atoms with Gasteiger partial charge < -0.3 is 0 Å². The smallest absolute Gasteiger partial charge is 0.266 e. The third kappa shape index (κ3) is 4.56. The highest BCUT2D eigenvalue weighted by Gasteiger charge is 2.71. The molecule has 3 aromatic rings. The van der Waals surface area contributed by atoms with Crippen molar-refractivity contribution >= 4 is 46.7 Å². The molecule has 7 nitrogen and oxygen atoms in total. The minimum atomic E-state index is -5.36. The van der Waals surface area contributed by atoms with E-state index >= 15 is 0 Å². The van der Waals surface area contributed by atoms with Gasteiger partial charge in [0.1, 0.15) is 0 Å². The number of amides is 3. The molecule has 1 unspecified atom stereocenters. The predicted molar refractivity (Wildman–Crippen MR) is 122 cm³/mol. The zero-order chi connectivity index (χ0) is 25.4. The van der Waals surface area contributed by atoms with Crippen molar-refractivity contribution in [1.29, 1.82) is 0 Å². The second-order valence-corrected chi connectivity index (χ2v) is 10.5. The minimum Gasteiger partial charge on any atom is -0.266 e. The first-order valence-corrected chi connectivity index (χ1v) is 11.9. The predicted octanol–water partition coefficient (Wildman–Crippen LogP) is 5.58. The van der Waals surface area contributed by atoms with Crippen LogP contribution in [0, 0.1) is 0 Å². The molecular weight excluding hydrogens is 503 g/mol. The van der Waals surface area contributed by atoms with E-state index in [1.807, 2.05) is 17.5 Å². The Balaban J connectivity index is 1.73. The first-order valence-electron chi connectivity index (χ1n) is 10.2.